The molecule has 84 valence electrons. The molecule has 9 heteroatoms. The summed E-state index contributed by atoms with van der Waals surface area (Å²) in [6.45, 7) is 1.22. The number of nitrogens with one attached hydrogen (secondary N) is 1. The number of anilines is 1. The van der Waals surface area contributed by atoms with Crippen LogP contribution < -0.4 is 5.32 Å². The van der Waals surface area contributed by atoms with Gasteiger partial charge in [-0.15, -0.1) is 5.10 Å². The molecule has 0 amide bonds. The van der Waals surface area contributed by atoms with Crippen molar-refractivity contribution >= 4 is 29.2 Å². The summed E-state index contributed by atoms with van der Waals surface area (Å²) in [5, 5.41) is 10.5. The molecule has 0 saturated carbocycles. The molecule has 2 heterocycles. The molecule has 0 aromatic carbocycles. The van der Waals surface area contributed by atoms with Crippen molar-refractivity contribution in [2.75, 3.05) is 11.9 Å². The first-order valence-corrected chi connectivity index (χ1v) is 5.15. The van der Waals surface area contributed by atoms with Gasteiger partial charge in [-0.25, -0.2) is 0 Å². The quantitative estimate of drug-likeness (QED) is 0.878. The molecule has 0 fully saturated rings. The van der Waals surface area contributed by atoms with Gasteiger partial charge >= 0.3 is 0 Å². The van der Waals surface area contributed by atoms with Crippen molar-refractivity contribution in [1.29, 1.82) is 0 Å². The van der Waals surface area contributed by atoms with Crippen molar-refractivity contribution in [1.82, 2.24) is 29.9 Å². The number of hydrogen-bond acceptors (Lipinski definition) is 6. The Bertz CT molecular complexity index is 438. The fourth-order valence-corrected chi connectivity index (χ4v) is 1.40. The molecular weight excluding hydrogens is 253 g/mol. The van der Waals surface area contributed by atoms with E-state index >= 15 is 0 Å². The average molecular weight is 260 g/mol. The van der Waals surface area contributed by atoms with Gasteiger partial charge in [0.2, 0.25) is 16.5 Å². The van der Waals surface area contributed by atoms with Crippen LogP contribution in [0.3, 0.4) is 0 Å². The zero-order chi connectivity index (χ0) is 11.4. The van der Waals surface area contributed by atoms with Crippen molar-refractivity contribution in [2.24, 2.45) is 0 Å². The van der Waals surface area contributed by atoms with Crippen LogP contribution in [0.15, 0.2) is 12.4 Å². The largest absolute Gasteiger partial charge is 0.352 e. The number of rotatable bonds is 4. The minimum absolute atomic E-state index is 0.0586. The van der Waals surface area contributed by atoms with E-state index in [2.05, 4.69) is 30.6 Å². The first-order valence-electron chi connectivity index (χ1n) is 4.39. The van der Waals surface area contributed by atoms with Crippen LogP contribution in [0.1, 0.15) is 0 Å². The maximum Gasteiger partial charge on any atom is 0.228 e. The second kappa shape index (κ2) is 5.04. The van der Waals surface area contributed by atoms with Crippen LogP contribution in [0.2, 0.25) is 10.6 Å². The molecule has 0 saturated heterocycles. The Morgan fingerprint density at radius 2 is 1.94 bits per heavy atom. The molecule has 0 aliphatic carbocycles. The molecule has 16 heavy (non-hydrogen) atoms. The highest BCUT2D eigenvalue weighted by atomic mass is 35.5. The fraction of sp³-hybridized carbons (Fsp3) is 0.286. The highest BCUT2D eigenvalue weighted by Gasteiger charge is 2.02. The van der Waals surface area contributed by atoms with Crippen LogP contribution in [-0.4, -0.2) is 36.5 Å². The van der Waals surface area contributed by atoms with E-state index in [1.807, 2.05) is 0 Å². The van der Waals surface area contributed by atoms with Gasteiger partial charge in [0.05, 0.1) is 12.7 Å². The van der Waals surface area contributed by atoms with Gasteiger partial charge in [0, 0.05) is 12.7 Å². The molecule has 0 aliphatic heterocycles. The van der Waals surface area contributed by atoms with E-state index in [4.69, 9.17) is 23.2 Å². The van der Waals surface area contributed by atoms with Gasteiger partial charge in [-0.2, -0.15) is 15.0 Å². The lowest BCUT2D eigenvalue weighted by molar-refractivity contribution is 0.607. The molecule has 0 atom stereocenters. The normalized spacial score (nSPS) is 10.4. The Morgan fingerprint density at radius 1 is 1.19 bits per heavy atom. The van der Waals surface area contributed by atoms with Crippen LogP contribution in [-0.2, 0) is 6.54 Å². The summed E-state index contributed by atoms with van der Waals surface area (Å²) in [5.74, 6) is 0.338. The number of aromatic nitrogens is 6. The lowest BCUT2D eigenvalue weighted by Crippen LogP contribution is -2.13. The second-order valence-electron chi connectivity index (χ2n) is 2.79. The maximum absolute atomic E-state index is 5.61. The van der Waals surface area contributed by atoms with Gasteiger partial charge in [-0.05, 0) is 23.2 Å². The molecule has 1 N–H and O–H groups in total. The van der Waals surface area contributed by atoms with E-state index in [1.165, 1.54) is 0 Å². The van der Waals surface area contributed by atoms with Crippen molar-refractivity contribution < 1.29 is 0 Å². The average Bonchev–Trinajstić information content (AvgIpc) is 2.69. The molecule has 2 rings (SSSR count). The van der Waals surface area contributed by atoms with Crippen molar-refractivity contribution in [3.05, 3.63) is 23.0 Å². The third kappa shape index (κ3) is 3.01. The summed E-state index contributed by atoms with van der Waals surface area (Å²) in [7, 11) is 0. The maximum atomic E-state index is 5.61. The van der Waals surface area contributed by atoms with Gasteiger partial charge in [-0.1, -0.05) is 5.21 Å². The van der Waals surface area contributed by atoms with E-state index in [1.54, 1.807) is 17.1 Å². The zero-order valence-electron chi connectivity index (χ0n) is 8.01. The minimum atomic E-state index is 0.0586. The Morgan fingerprint density at radius 3 is 2.56 bits per heavy atom. The summed E-state index contributed by atoms with van der Waals surface area (Å²) in [5.41, 5.74) is 0. The Balaban J connectivity index is 1.89. The molecule has 0 bridgehead atoms. The lowest BCUT2D eigenvalue weighted by Gasteiger charge is -2.04. The van der Waals surface area contributed by atoms with Crippen LogP contribution in [0.5, 0.6) is 0 Å². The van der Waals surface area contributed by atoms with Crippen molar-refractivity contribution in [2.45, 2.75) is 6.54 Å². The molecule has 2 aromatic heterocycles. The van der Waals surface area contributed by atoms with E-state index < -0.39 is 0 Å². The van der Waals surface area contributed by atoms with Crippen LogP contribution in [0.4, 0.5) is 5.95 Å². The predicted molar refractivity (Wildman–Crippen MR) is 58.4 cm³/mol. The van der Waals surface area contributed by atoms with E-state index in [0.29, 0.717) is 19.0 Å². The summed E-state index contributed by atoms with van der Waals surface area (Å²) in [4.78, 5) is 11.3. The van der Waals surface area contributed by atoms with Gasteiger partial charge in [0.25, 0.3) is 0 Å². The minimum Gasteiger partial charge on any atom is -0.352 e. The first kappa shape index (κ1) is 11.0. The highest BCUT2D eigenvalue weighted by Crippen LogP contribution is 2.08. The van der Waals surface area contributed by atoms with E-state index in [9.17, 15) is 0 Å². The highest BCUT2D eigenvalue weighted by molar-refractivity contribution is 6.31. The number of halogens is 2. The molecule has 7 nitrogen and oxygen atoms in total. The Labute approximate surface area is 101 Å². The molecule has 0 spiro atoms. The van der Waals surface area contributed by atoms with Gasteiger partial charge in [0.1, 0.15) is 0 Å². The third-order valence-corrected chi connectivity index (χ3v) is 2.01. The van der Waals surface area contributed by atoms with Gasteiger partial charge < -0.3 is 5.32 Å². The fourth-order valence-electron chi connectivity index (χ4n) is 1.04. The van der Waals surface area contributed by atoms with Crippen molar-refractivity contribution in [3.63, 3.8) is 0 Å². The monoisotopic (exact) mass is 259 g/mol. The summed E-state index contributed by atoms with van der Waals surface area (Å²) < 4.78 is 1.68. The van der Waals surface area contributed by atoms with E-state index in [-0.39, 0.29) is 10.6 Å². The third-order valence-electron chi connectivity index (χ3n) is 1.68. The van der Waals surface area contributed by atoms with Gasteiger partial charge in [0.15, 0.2) is 0 Å². The topological polar surface area (TPSA) is 81.4 Å². The second-order valence-corrected chi connectivity index (χ2v) is 3.47. The Kier molecular flexibility index (Phi) is 3.47. The predicted octanol–water partition coefficient (Wildman–Crippen LogP) is 0.882. The van der Waals surface area contributed by atoms with Crippen molar-refractivity contribution in [3.8, 4) is 0 Å². The summed E-state index contributed by atoms with van der Waals surface area (Å²) in [6.07, 6.45) is 3.37. The molecule has 0 radical (unpaired) electrons. The van der Waals surface area contributed by atoms with Crippen LogP contribution >= 0.6 is 23.2 Å². The lowest BCUT2D eigenvalue weighted by atomic mass is 10.6. The standard InChI is InChI=1S/C7H7Cl2N7/c8-5-12-6(9)14-7(13-5)10-1-3-16-4-2-11-15-16/h2,4H,1,3H2,(H,10,12,13,14). The Hall–Kier alpha value is -1.47. The number of nitrogens with zero attached hydrogens (tertiary/aromatic N) is 6. The zero-order valence-corrected chi connectivity index (χ0v) is 9.52. The molecule has 0 unspecified atom stereocenters. The number of hydrogen-bond donors (Lipinski definition) is 1. The summed E-state index contributed by atoms with van der Waals surface area (Å²) >= 11 is 11.2. The smallest absolute Gasteiger partial charge is 0.228 e. The van der Waals surface area contributed by atoms with Crippen LogP contribution in [0, 0.1) is 0 Å². The molecular formula is C7H7Cl2N7. The molecule has 0 aliphatic rings. The summed E-state index contributed by atoms with van der Waals surface area (Å²) in [6, 6.07) is 0. The SMILES string of the molecule is Clc1nc(Cl)nc(NCCn2ccnn2)n1. The molecule has 2 aromatic rings. The van der Waals surface area contributed by atoms with E-state index in [0.717, 1.165) is 0 Å². The van der Waals surface area contributed by atoms with Crippen LogP contribution in [0.25, 0.3) is 0 Å². The first-order chi connectivity index (χ1) is 7.74. The van der Waals surface area contributed by atoms with Gasteiger partial charge in [-0.3, -0.25) is 4.68 Å².